The van der Waals surface area contributed by atoms with Crippen LogP contribution in [0.2, 0.25) is 0 Å². The van der Waals surface area contributed by atoms with Gasteiger partial charge in [0.1, 0.15) is 23.2 Å². The lowest BCUT2D eigenvalue weighted by molar-refractivity contribution is 0.122. The van der Waals surface area contributed by atoms with Crippen LogP contribution < -0.4 is 4.90 Å². The average molecular weight is 228 g/mol. The third-order valence-corrected chi connectivity index (χ3v) is 2.96. The Morgan fingerprint density at radius 1 is 1.29 bits per heavy atom. The average Bonchev–Trinajstić information content (AvgIpc) is 2.82. The highest BCUT2D eigenvalue weighted by Crippen LogP contribution is 2.19. The predicted molar refractivity (Wildman–Crippen MR) is 62.9 cm³/mol. The summed E-state index contributed by atoms with van der Waals surface area (Å²) in [5.41, 5.74) is 1.38. The Hall–Kier alpha value is -2.06. The van der Waals surface area contributed by atoms with E-state index in [1.54, 1.807) is 6.20 Å². The molecule has 0 unspecified atom stereocenters. The lowest BCUT2D eigenvalue weighted by Gasteiger charge is -2.29. The first-order chi connectivity index (χ1) is 8.40. The maximum absolute atomic E-state index is 9.09. The van der Waals surface area contributed by atoms with Crippen molar-refractivity contribution in [1.82, 2.24) is 9.38 Å². The highest BCUT2D eigenvalue weighted by Gasteiger charge is 2.15. The number of pyridine rings is 1. The van der Waals surface area contributed by atoms with Gasteiger partial charge in [-0.2, -0.15) is 5.26 Å². The minimum Gasteiger partial charge on any atom is -0.378 e. The number of imidazole rings is 1. The van der Waals surface area contributed by atoms with Crippen molar-refractivity contribution in [3.63, 3.8) is 0 Å². The molecule has 1 aliphatic rings. The first-order valence-electron chi connectivity index (χ1n) is 5.59. The van der Waals surface area contributed by atoms with Gasteiger partial charge in [-0.05, 0) is 12.1 Å². The first-order valence-corrected chi connectivity index (χ1v) is 5.59. The van der Waals surface area contributed by atoms with Crippen molar-refractivity contribution >= 4 is 11.5 Å². The van der Waals surface area contributed by atoms with Crippen LogP contribution in [0.4, 0.5) is 5.82 Å². The maximum atomic E-state index is 9.09. The summed E-state index contributed by atoms with van der Waals surface area (Å²) in [6.07, 6.45) is 1.61. The van der Waals surface area contributed by atoms with E-state index in [1.165, 1.54) is 0 Å². The number of aromatic nitrogens is 2. The number of nitrogens with zero attached hydrogens (tertiary/aromatic N) is 4. The van der Waals surface area contributed by atoms with Gasteiger partial charge in [-0.25, -0.2) is 4.98 Å². The van der Waals surface area contributed by atoms with Crippen molar-refractivity contribution in [2.45, 2.75) is 0 Å². The Kier molecular flexibility index (Phi) is 2.42. The molecule has 3 rings (SSSR count). The molecule has 1 fully saturated rings. The van der Waals surface area contributed by atoms with Gasteiger partial charge in [0.05, 0.1) is 19.4 Å². The van der Waals surface area contributed by atoms with Crippen molar-refractivity contribution in [1.29, 1.82) is 5.26 Å². The van der Waals surface area contributed by atoms with Gasteiger partial charge in [-0.15, -0.1) is 0 Å². The zero-order chi connectivity index (χ0) is 11.7. The number of anilines is 1. The molecular weight excluding hydrogens is 216 g/mol. The van der Waals surface area contributed by atoms with Crippen LogP contribution in [0.15, 0.2) is 24.4 Å². The third-order valence-electron chi connectivity index (χ3n) is 2.96. The maximum Gasteiger partial charge on any atom is 0.146 e. The first kappa shape index (κ1) is 10.1. The Bertz CT molecular complexity index is 578. The molecule has 0 N–H and O–H groups in total. The molecule has 3 heterocycles. The van der Waals surface area contributed by atoms with Crippen molar-refractivity contribution in [3.05, 3.63) is 30.1 Å². The molecule has 2 aromatic heterocycles. The van der Waals surface area contributed by atoms with E-state index in [0.717, 1.165) is 37.8 Å². The molecule has 0 bridgehead atoms. The summed E-state index contributed by atoms with van der Waals surface area (Å²) in [6.45, 7) is 3.16. The second-order valence-electron chi connectivity index (χ2n) is 3.93. The van der Waals surface area contributed by atoms with E-state index >= 15 is 0 Å². The van der Waals surface area contributed by atoms with Gasteiger partial charge in [-0.3, -0.25) is 4.40 Å². The van der Waals surface area contributed by atoms with E-state index in [4.69, 9.17) is 10.00 Å². The van der Waals surface area contributed by atoms with Gasteiger partial charge in [0.25, 0.3) is 0 Å². The van der Waals surface area contributed by atoms with Gasteiger partial charge in [-0.1, -0.05) is 6.07 Å². The number of ether oxygens (including phenoxy) is 1. The highest BCUT2D eigenvalue weighted by atomic mass is 16.5. The van der Waals surface area contributed by atoms with Crippen molar-refractivity contribution < 1.29 is 4.74 Å². The lowest BCUT2D eigenvalue weighted by Crippen LogP contribution is -2.37. The van der Waals surface area contributed by atoms with E-state index in [-0.39, 0.29) is 0 Å². The largest absolute Gasteiger partial charge is 0.378 e. The summed E-state index contributed by atoms with van der Waals surface area (Å²) >= 11 is 0. The monoisotopic (exact) mass is 228 g/mol. The van der Waals surface area contributed by atoms with Crippen LogP contribution >= 0.6 is 0 Å². The number of fused-ring (bicyclic) bond motifs is 1. The SMILES string of the molecule is N#Cc1cnc2cccc(N3CCOCC3)n12. The summed E-state index contributed by atoms with van der Waals surface area (Å²) in [6, 6.07) is 8.06. The molecule has 0 aromatic carbocycles. The molecule has 0 atom stereocenters. The molecular formula is C12H12N4O. The fourth-order valence-corrected chi connectivity index (χ4v) is 2.14. The second-order valence-corrected chi connectivity index (χ2v) is 3.93. The Balaban J connectivity index is 2.14. The molecule has 1 aliphatic heterocycles. The van der Waals surface area contributed by atoms with Crippen LogP contribution in [0, 0.1) is 11.3 Å². The predicted octanol–water partition coefficient (Wildman–Crippen LogP) is 1.04. The zero-order valence-electron chi connectivity index (χ0n) is 9.33. The number of hydrogen-bond acceptors (Lipinski definition) is 4. The summed E-state index contributed by atoms with van der Waals surface area (Å²) in [5, 5.41) is 9.09. The topological polar surface area (TPSA) is 53.6 Å². The second kappa shape index (κ2) is 4.07. The fourth-order valence-electron chi connectivity index (χ4n) is 2.14. The molecule has 2 aromatic rings. The van der Waals surface area contributed by atoms with Gasteiger partial charge in [0.2, 0.25) is 0 Å². The van der Waals surface area contributed by atoms with E-state index in [9.17, 15) is 0 Å². The Labute approximate surface area is 98.9 Å². The lowest BCUT2D eigenvalue weighted by atomic mass is 10.3. The minimum absolute atomic E-state index is 0.571. The van der Waals surface area contributed by atoms with Crippen molar-refractivity contribution in [3.8, 4) is 6.07 Å². The normalized spacial score (nSPS) is 16.1. The molecule has 0 spiro atoms. The summed E-state index contributed by atoms with van der Waals surface area (Å²) < 4.78 is 7.23. The standard InChI is InChI=1S/C12H12N4O/c13-8-10-9-14-11-2-1-3-12(16(10)11)15-4-6-17-7-5-15/h1-3,9H,4-7H2. The quantitative estimate of drug-likeness (QED) is 0.732. The van der Waals surface area contributed by atoms with Gasteiger partial charge >= 0.3 is 0 Å². The smallest absolute Gasteiger partial charge is 0.146 e. The molecule has 0 aliphatic carbocycles. The highest BCUT2D eigenvalue weighted by molar-refractivity contribution is 5.55. The van der Waals surface area contributed by atoms with Crippen LogP contribution in [-0.4, -0.2) is 35.7 Å². The van der Waals surface area contributed by atoms with E-state index in [1.807, 2.05) is 22.6 Å². The van der Waals surface area contributed by atoms with Crippen molar-refractivity contribution in [2.75, 3.05) is 31.2 Å². The number of rotatable bonds is 1. The molecule has 5 heteroatoms. The van der Waals surface area contributed by atoms with Gasteiger partial charge in [0.15, 0.2) is 0 Å². The zero-order valence-corrected chi connectivity index (χ0v) is 9.33. The number of nitriles is 1. The summed E-state index contributed by atoms with van der Waals surface area (Å²) in [5.74, 6) is 1.01. The van der Waals surface area contributed by atoms with Crippen LogP contribution in [0.25, 0.3) is 5.65 Å². The fraction of sp³-hybridized carbons (Fsp3) is 0.333. The van der Waals surface area contributed by atoms with Gasteiger partial charge < -0.3 is 9.64 Å². The molecule has 0 radical (unpaired) electrons. The molecule has 0 saturated carbocycles. The van der Waals surface area contributed by atoms with Crippen LogP contribution in [0.5, 0.6) is 0 Å². The van der Waals surface area contributed by atoms with Gasteiger partial charge in [0, 0.05) is 13.1 Å². The van der Waals surface area contributed by atoms with E-state index < -0.39 is 0 Å². The number of hydrogen-bond donors (Lipinski definition) is 0. The van der Waals surface area contributed by atoms with E-state index in [2.05, 4.69) is 16.0 Å². The van der Waals surface area contributed by atoms with Crippen LogP contribution in [-0.2, 0) is 4.74 Å². The van der Waals surface area contributed by atoms with Crippen LogP contribution in [0.1, 0.15) is 5.69 Å². The summed E-state index contributed by atoms with van der Waals surface area (Å²) in [7, 11) is 0. The Morgan fingerprint density at radius 3 is 2.88 bits per heavy atom. The Morgan fingerprint density at radius 2 is 2.12 bits per heavy atom. The molecule has 17 heavy (non-hydrogen) atoms. The minimum atomic E-state index is 0.571. The third kappa shape index (κ3) is 1.63. The molecule has 86 valence electrons. The van der Waals surface area contributed by atoms with Crippen molar-refractivity contribution in [2.24, 2.45) is 0 Å². The molecule has 1 saturated heterocycles. The summed E-state index contributed by atoms with van der Waals surface area (Å²) in [4.78, 5) is 6.45. The molecule has 0 amide bonds. The number of morpholine rings is 1. The molecule has 5 nitrogen and oxygen atoms in total. The van der Waals surface area contributed by atoms with E-state index in [0.29, 0.717) is 5.69 Å². The van der Waals surface area contributed by atoms with Crippen LogP contribution in [0.3, 0.4) is 0 Å².